The molecule has 186 valence electrons. The predicted octanol–water partition coefficient (Wildman–Crippen LogP) is 3.93. The number of amidine groups is 2. The van der Waals surface area contributed by atoms with Crippen LogP contribution in [-0.2, 0) is 0 Å². The van der Waals surface area contributed by atoms with Crippen LogP contribution < -0.4 is 11.5 Å². The molecule has 0 atom stereocenters. The first-order valence-electron chi connectivity index (χ1n) is 12.0. The highest BCUT2D eigenvalue weighted by Gasteiger charge is 2.10. The average Bonchev–Trinajstić information content (AvgIpc) is 3.35. The number of nitrogens with zero attached hydrogens (tertiary/aromatic N) is 4. The van der Waals surface area contributed by atoms with E-state index in [1.807, 2.05) is 60.7 Å². The third-order valence-electron chi connectivity index (χ3n) is 5.58. The SMILES string of the molecule is CN(C)CCCN=C(N)c1cccc(-c2ccc(-c3cccc(C(N)=NCCCN(C)C)c3)o2)c1. The van der Waals surface area contributed by atoms with Crippen molar-refractivity contribution in [2.24, 2.45) is 21.5 Å². The fraction of sp³-hybridized carbons (Fsp3) is 0.357. The van der Waals surface area contributed by atoms with Crippen LogP contribution in [0.25, 0.3) is 22.6 Å². The molecular weight excluding hydrogens is 436 g/mol. The lowest BCUT2D eigenvalue weighted by molar-refractivity contribution is 0.403. The zero-order valence-corrected chi connectivity index (χ0v) is 21.4. The van der Waals surface area contributed by atoms with Gasteiger partial charge in [0.05, 0.1) is 0 Å². The predicted molar refractivity (Wildman–Crippen MR) is 147 cm³/mol. The Morgan fingerprint density at radius 3 is 1.51 bits per heavy atom. The molecule has 3 aromatic rings. The van der Waals surface area contributed by atoms with E-state index in [1.54, 1.807) is 0 Å². The molecule has 0 fully saturated rings. The maximum absolute atomic E-state index is 6.24. The second kappa shape index (κ2) is 12.9. The highest BCUT2D eigenvalue weighted by Crippen LogP contribution is 2.29. The van der Waals surface area contributed by atoms with Crippen molar-refractivity contribution in [1.29, 1.82) is 0 Å². The van der Waals surface area contributed by atoms with Gasteiger partial charge in [0.1, 0.15) is 23.2 Å². The van der Waals surface area contributed by atoms with E-state index in [4.69, 9.17) is 15.9 Å². The molecule has 0 aliphatic rings. The van der Waals surface area contributed by atoms with Crippen LogP contribution in [0.2, 0.25) is 0 Å². The van der Waals surface area contributed by atoms with Gasteiger partial charge in [-0.25, -0.2) is 0 Å². The first-order chi connectivity index (χ1) is 16.8. The quantitative estimate of drug-likeness (QED) is 0.236. The molecule has 7 heteroatoms. The standard InChI is InChI=1S/C28H38N6O/c1-33(2)17-7-15-31-27(29)23-11-5-9-21(19-23)25-13-14-26(35-25)22-10-6-12-24(20-22)28(30)32-16-8-18-34(3)4/h5-6,9-14,19-20H,7-8,15-18H2,1-4H3,(H2,29,31)(H2,30,32). The summed E-state index contributed by atoms with van der Waals surface area (Å²) in [6, 6.07) is 19.9. The minimum absolute atomic E-state index is 0.547. The van der Waals surface area contributed by atoms with Gasteiger partial charge in [-0.05, 0) is 78.4 Å². The highest BCUT2D eigenvalue weighted by atomic mass is 16.3. The molecule has 0 aliphatic carbocycles. The van der Waals surface area contributed by atoms with Crippen molar-refractivity contribution in [1.82, 2.24) is 9.80 Å². The van der Waals surface area contributed by atoms with Crippen LogP contribution in [-0.4, -0.2) is 75.8 Å². The Bertz CT molecular complexity index is 1060. The van der Waals surface area contributed by atoms with Crippen molar-refractivity contribution in [2.75, 3.05) is 54.4 Å². The number of furan rings is 1. The molecule has 0 aliphatic heterocycles. The van der Waals surface area contributed by atoms with Crippen molar-refractivity contribution in [3.63, 3.8) is 0 Å². The van der Waals surface area contributed by atoms with E-state index >= 15 is 0 Å². The summed E-state index contributed by atoms with van der Waals surface area (Å²) in [4.78, 5) is 13.3. The van der Waals surface area contributed by atoms with Crippen LogP contribution in [0.15, 0.2) is 75.1 Å². The second-order valence-electron chi connectivity index (χ2n) is 9.17. The Morgan fingerprint density at radius 1 is 0.686 bits per heavy atom. The Kier molecular flexibility index (Phi) is 9.64. The fourth-order valence-electron chi connectivity index (χ4n) is 3.67. The second-order valence-corrected chi connectivity index (χ2v) is 9.17. The van der Waals surface area contributed by atoms with E-state index in [-0.39, 0.29) is 0 Å². The molecule has 4 N–H and O–H groups in total. The summed E-state index contributed by atoms with van der Waals surface area (Å²) in [5.41, 5.74) is 16.2. The van der Waals surface area contributed by atoms with Gasteiger partial charge in [0.2, 0.25) is 0 Å². The van der Waals surface area contributed by atoms with E-state index < -0.39 is 0 Å². The van der Waals surface area contributed by atoms with E-state index in [9.17, 15) is 0 Å². The molecule has 0 saturated heterocycles. The van der Waals surface area contributed by atoms with Crippen LogP contribution in [0.4, 0.5) is 0 Å². The summed E-state index contributed by atoms with van der Waals surface area (Å²) in [6.45, 7) is 3.39. The zero-order chi connectivity index (χ0) is 25.2. The van der Waals surface area contributed by atoms with Gasteiger partial charge >= 0.3 is 0 Å². The number of nitrogens with two attached hydrogens (primary N) is 2. The highest BCUT2D eigenvalue weighted by molar-refractivity contribution is 5.99. The fourth-order valence-corrected chi connectivity index (χ4v) is 3.67. The molecule has 0 amide bonds. The molecule has 7 nitrogen and oxygen atoms in total. The molecule has 35 heavy (non-hydrogen) atoms. The van der Waals surface area contributed by atoms with Crippen molar-refractivity contribution < 1.29 is 4.42 Å². The monoisotopic (exact) mass is 474 g/mol. The van der Waals surface area contributed by atoms with Crippen molar-refractivity contribution >= 4 is 11.7 Å². The largest absolute Gasteiger partial charge is 0.456 e. The third kappa shape index (κ3) is 8.09. The van der Waals surface area contributed by atoms with Gasteiger partial charge in [-0.3, -0.25) is 9.98 Å². The summed E-state index contributed by atoms with van der Waals surface area (Å²) >= 11 is 0. The normalized spacial score (nSPS) is 12.6. The maximum Gasteiger partial charge on any atom is 0.134 e. The number of benzene rings is 2. The van der Waals surface area contributed by atoms with Gasteiger partial charge in [0.25, 0.3) is 0 Å². The summed E-state index contributed by atoms with van der Waals surface area (Å²) in [7, 11) is 8.22. The van der Waals surface area contributed by atoms with Gasteiger partial charge in [0.15, 0.2) is 0 Å². The van der Waals surface area contributed by atoms with Gasteiger partial charge < -0.3 is 25.7 Å². The summed E-state index contributed by atoms with van der Waals surface area (Å²) in [5, 5.41) is 0. The number of aliphatic imine (C=N–C) groups is 2. The van der Waals surface area contributed by atoms with Crippen molar-refractivity contribution in [3.8, 4) is 22.6 Å². The number of rotatable bonds is 12. The Hall–Kier alpha value is -3.42. The number of hydrogen-bond acceptors (Lipinski definition) is 5. The first-order valence-corrected chi connectivity index (χ1v) is 12.0. The zero-order valence-electron chi connectivity index (χ0n) is 21.4. The lowest BCUT2D eigenvalue weighted by Crippen LogP contribution is -2.16. The molecule has 0 unspecified atom stereocenters. The average molecular weight is 475 g/mol. The molecule has 2 aromatic carbocycles. The Balaban J connectivity index is 1.72. The van der Waals surface area contributed by atoms with Gasteiger partial charge in [0, 0.05) is 35.3 Å². The summed E-state index contributed by atoms with van der Waals surface area (Å²) in [6.07, 6.45) is 1.94. The van der Waals surface area contributed by atoms with Gasteiger partial charge in [-0.2, -0.15) is 0 Å². The molecule has 0 spiro atoms. The topological polar surface area (TPSA) is 96.4 Å². The molecule has 0 saturated carbocycles. The lowest BCUT2D eigenvalue weighted by atomic mass is 10.1. The van der Waals surface area contributed by atoms with Crippen LogP contribution >= 0.6 is 0 Å². The van der Waals surface area contributed by atoms with E-state index in [0.29, 0.717) is 24.8 Å². The van der Waals surface area contributed by atoms with Crippen LogP contribution in [0.5, 0.6) is 0 Å². The van der Waals surface area contributed by atoms with Crippen LogP contribution in [0.1, 0.15) is 24.0 Å². The van der Waals surface area contributed by atoms with Crippen LogP contribution in [0.3, 0.4) is 0 Å². The van der Waals surface area contributed by atoms with Gasteiger partial charge in [-0.1, -0.05) is 36.4 Å². The third-order valence-corrected chi connectivity index (χ3v) is 5.58. The molecule has 1 aromatic heterocycles. The first kappa shape index (κ1) is 26.2. The van der Waals surface area contributed by atoms with E-state index in [2.05, 4.69) is 48.0 Å². The van der Waals surface area contributed by atoms with Gasteiger partial charge in [-0.15, -0.1) is 0 Å². The molecular formula is C28H38N6O. The Morgan fingerprint density at radius 2 is 1.11 bits per heavy atom. The molecule has 3 rings (SSSR count). The maximum atomic E-state index is 6.24. The smallest absolute Gasteiger partial charge is 0.134 e. The molecule has 1 heterocycles. The minimum Gasteiger partial charge on any atom is -0.456 e. The Labute approximate surface area is 209 Å². The summed E-state index contributed by atoms with van der Waals surface area (Å²) in [5.74, 6) is 2.65. The molecule has 0 bridgehead atoms. The van der Waals surface area contributed by atoms with Crippen molar-refractivity contribution in [2.45, 2.75) is 12.8 Å². The summed E-state index contributed by atoms with van der Waals surface area (Å²) < 4.78 is 6.20. The molecule has 0 radical (unpaired) electrons. The minimum atomic E-state index is 0.547. The van der Waals surface area contributed by atoms with E-state index in [0.717, 1.165) is 59.7 Å². The number of hydrogen-bond donors (Lipinski definition) is 2. The van der Waals surface area contributed by atoms with Crippen LogP contribution in [0, 0.1) is 0 Å². The van der Waals surface area contributed by atoms with E-state index in [1.165, 1.54) is 0 Å². The van der Waals surface area contributed by atoms with Crippen molar-refractivity contribution in [3.05, 3.63) is 71.8 Å². The lowest BCUT2D eigenvalue weighted by Gasteiger charge is -2.08.